The molecule has 0 saturated carbocycles. The van der Waals surface area contributed by atoms with Gasteiger partial charge in [-0.25, -0.2) is 0 Å². The predicted octanol–water partition coefficient (Wildman–Crippen LogP) is 2.69. The van der Waals surface area contributed by atoms with Gasteiger partial charge >= 0.3 is 0 Å². The molecule has 0 saturated heterocycles. The molecule has 1 amide bonds. The summed E-state index contributed by atoms with van der Waals surface area (Å²) in [5.74, 6) is -0.00889. The number of aryl methyl sites for hydroxylation is 1. The lowest BCUT2D eigenvalue weighted by atomic mass is 10.2. The number of hydrogen-bond acceptors (Lipinski definition) is 3. The molecule has 0 spiro atoms. The van der Waals surface area contributed by atoms with Gasteiger partial charge in [-0.3, -0.25) is 4.79 Å². The Morgan fingerprint density at radius 1 is 1.26 bits per heavy atom. The van der Waals surface area contributed by atoms with Crippen molar-refractivity contribution in [3.05, 3.63) is 57.8 Å². The number of carbonyl (C=O) groups excluding carboxylic acids is 1. The highest BCUT2D eigenvalue weighted by molar-refractivity contribution is 7.12. The van der Waals surface area contributed by atoms with Crippen molar-refractivity contribution < 1.29 is 9.90 Å². The second-order valence-corrected chi connectivity index (χ2v) is 5.28. The summed E-state index contributed by atoms with van der Waals surface area (Å²) in [5.41, 5.74) is 2.06. The van der Waals surface area contributed by atoms with Crippen molar-refractivity contribution in [1.29, 1.82) is 0 Å². The number of amides is 1. The number of benzene rings is 1. The van der Waals surface area contributed by atoms with Crippen LogP contribution in [0.1, 0.15) is 20.8 Å². The van der Waals surface area contributed by atoms with Gasteiger partial charge in [0.25, 0.3) is 5.91 Å². The predicted molar refractivity (Wildman–Crippen MR) is 77.3 cm³/mol. The minimum Gasteiger partial charge on any atom is -0.395 e. The van der Waals surface area contributed by atoms with E-state index in [-0.39, 0.29) is 12.5 Å². The standard InChI is InChI=1S/C15H17NO2S/c1-12-7-10-19-14(12)15(18)16(8-9-17)11-13-5-3-2-4-6-13/h2-7,10,17H,8-9,11H2,1H3. The molecule has 1 N–H and O–H groups in total. The first kappa shape index (κ1) is 13.8. The molecule has 1 aromatic heterocycles. The van der Waals surface area contributed by atoms with E-state index in [0.717, 1.165) is 16.0 Å². The third-order valence-electron chi connectivity index (χ3n) is 2.93. The zero-order valence-electron chi connectivity index (χ0n) is 10.9. The Labute approximate surface area is 117 Å². The van der Waals surface area contributed by atoms with Gasteiger partial charge in [0, 0.05) is 13.1 Å². The molecular formula is C15H17NO2S. The van der Waals surface area contributed by atoms with Crippen molar-refractivity contribution in [2.45, 2.75) is 13.5 Å². The van der Waals surface area contributed by atoms with Gasteiger partial charge in [0.2, 0.25) is 0 Å². The molecular weight excluding hydrogens is 258 g/mol. The van der Waals surface area contributed by atoms with E-state index in [9.17, 15) is 4.79 Å². The van der Waals surface area contributed by atoms with Crippen LogP contribution < -0.4 is 0 Å². The largest absolute Gasteiger partial charge is 0.395 e. The topological polar surface area (TPSA) is 40.5 Å². The van der Waals surface area contributed by atoms with E-state index in [2.05, 4.69) is 0 Å². The van der Waals surface area contributed by atoms with Gasteiger partial charge in [0.05, 0.1) is 11.5 Å². The van der Waals surface area contributed by atoms with E-state index in [1.165, 1.54) is 11.3 Å². The molecule has 0 bridgehead atoms. The molecule has 100 valence electrons. The van der Waals surface area contributed by atoms with Crippen molar-refractivity contribution in [3.8, 4) is 0 Å². The van der Waals surface area contributed by atoms with Gasteiger partial charge in [-0.05, 0) is 29.5 Å². The van der Waals surface area contributed by atoms with Gasteiger partial charge in [-0.15, -0.1) is 11.3 Å². The molecule has 1 heterocycles. The first-order chi connectivity index (χ1) is 9.22. The second-order valence-electron chi connectivity index (χ2n) is 4.37. The Morgan fingerprint density at radius 3 is 2.58 bits per heavy atom. The SMILES string of the molecule is Cc1ccsc1C(=O)N(CCO)Cc1ccccc1. The number of rotatable bonds is 5. The Hall–Kier alpha value is -1.65. The number of thiophene rings is 1. The van der Waals surface area contributed by atoms with Crippen LogP contribution in [0.25, 0.3) is 0 Å². The van der Waals surface area contributed by atoms with Crippen LogP contribution in [0.4, 0.5) is 0 Å². The fraction of sp³-hybridized carbons (Fsp3) is 0.267. The van der Waals surface area contributed by atoms with Crippen molar-refractivity contribution >= 4 is 17.2 Å². The smallest absolute Gasteiger partial charge is 0.264 e. The molecule has 0 aliphatic heterocycles. The van der Waals surface area contributed by atoms with Crippen molar-refractivity contribution in [2.24, 2.45) is 0 Å². The van der Waals surface area contributed by atoms with Gasteiger partial charge < -0.3 is 10.0 Å². The summed E-state index contributed by atoms with van der Waals surface area (Å²) in [4.78, 5) is 14.9. The number of aliphatic hydroxyl groups is 1. The monoisotopic (exact) mass is 275 g/mol. The summed E-state index contributed by atoms with van der Waals surface area (Å²) in [6, 6.07) is 11.8. The van der Waals surface area contributed by atoms with Crippen LogP contribution >= 0.6 is 11.3 Å². The minimum atomic E-state index is -0.0248. The summed E-state index contributed by atoms with van der Waals surface area (Å²) in [6.07, 6.45) is 0. The van der Waals surface area contributed by atoms with E-state index in [1.807, 2.05) is 48.7 Å². The van der Waals surface area contributed by atoms with Gasteiger partial charge in [-0.2, -0.15) is 0 Å². The highest BCUT2D eigenvalue weighted by Crippen LogP contribution is 2.19. The molecule has 0 atom stereocenters. The fourth-order valence-corrected chi connectivity index (χ4v) is 2.80. The van der Waals surface area contributed by atoms with E-state index in [1.54, 1.807) is 4.90 Å². The Balaban J connectivity index is 2.16. The zero-order chi connectivity index (χ0) is 13.7. The van der Waals surface area contributed by atoms with Crippen molar-refractivity contribution in [3.63, 3.8) is 0 Å². The maximum atomic E-state index is 12.4. The minimum absolute atomic E-state index is 0.00889. The first-order valence-corrected chi connectivity index (χ1v) is 7.08. The van der Waals surface area contributed by atoms with Gasteiger partial charge in [-0.1, -0.05) is 30.3 Å². The molecule has 0 fully saturated rings. The molecule has 4 heteroatoms. The maximum absolute atomic E-state index is 12.4. The lowest BCUT2D eigenvalue weighted by Crippen LogP contribution is -2.32. The van der Waals surface area contributed by atoms with E-state index in [0.29, 0.717) is 13.1 Å². The number of nitrogens with zero attached hydrogens (tertiary/aromatic N) is 1. The lowest BCUT2D eigenvalue weighted by molar-refractivity contribution is 0.0712. The molecule has 3 nitrogen and oxygen atoms in total. The zero-order valence-corrected chi connectivity index (χ0v) is 11.7. The first-order valence-electron chi connectivity index (χ1n) is 6.20. The molecule has 0 aliphatic carbocycles. The molecule has 1 aromatic carbocycles. The highest BCUT2D eigenvalue weighted by Gasteiger charge is 2.18. The average molecular weight is 275 g/mol. The average Bonchev–Trinajstić information content (AvgIpc) is 2.85. The molecule has 2 rings (SSSR count). The number of aliphatic hydroxyl groups excluding tert-OH is 1. The third kappa shape index (κ3) is 3.43. The van der Waals surface area contributed by atoms with Crippen LogP contribution in [0.15, 0.2) is 41.8 Å². The third-order valence-corrected chi connectivity index (χ3v) is 3.93. The van der Waals surface area contributed by atoms with Crippen LogP contribution in [-0.4, -0.2) is 29.1 Å². The maximum Gasteiger partial charge on any atom is 0.264 e. The summed E-state index contributed by atoms with van der Waals surface area (Å²) < 4.78 is 0. The fourth-order valence-electron chi connectivity index (χ4n) is 1.91. The summed E-state index contributed by atoms with van der Waals surface area (Å²) in [7, 11) is 0. The van der Waals surface area contributed by atoms with E-state index in [4.69, 9.17) is 5.11 Å². The number of carbonyl (C=O) groups is 1. The summed E-state index contributed by atoms with van der Waals surface area (Å²) >= 11 is 1.45. The highest BCUT2D eigenvalue weighted by atomic mass is 32.1. The van der Waals surface area contributed by atoms with Crippen LogP contribution in [-0.2, 0) is 6.54 Å². The molecule has 0 unspecified atom stereocenters. The Morgan fingerprint density at radius 2 is 2.00 bits per heavy atom. The van der Waals surface area contributed by atoms with Crippen molar-refractivity contribution in [1.82, 2.24) is 4.90 Å². The Kier molecular flexibility index (Phi) is 4.71. The normalized spacial score (nSPS) is 10.4. The summed E-state index contributed by atoms with van der Waals surface area (Å²) in [6.45, 7) is 2.79. The van der Waals surface area contributed by atoms with Crippen LogP contribution in [0.5, 0.6) is 0 Å². The van der Waals surface area contributed by atoms with E-state index >= 15 is 0 Å². The Bertz CT molecular complexity index is 536. The quantitative estimate of drug-likeness (QED) is 0.911. The molecule has 0 aliphatic rings. The molecule has 19 heavy (non-hydrogen) atoms. The summed E-state index contributed by atoms with van der Waals surface area (Å²) in [5, 5.41) is 11.1. The molecule has 2 aromatic rings. The molecule has 0 radical (unpaired) electrons. The van der Waals surface area contributed by atoms with Gasteiger partial charge in [0.1, 0.15) is 0 Å². The van der Waals surface area contributed by atoms with Crippen LogP contribution in [0, 0.1) is 6.92 Å². The lowest BCUT2D eigenvalue weighted by Gasteiger charge is -2.21. The number of hydrogen-bond donors (Lipinski definition) is 1. The second kappa shape index (κ2) is 6.50. The van der Waals surface area contributed by atoms with Crippen molar-refractivity contribution in [2.75, 3.05) is 13.2 Å². The van der Waals surface area contributed by atoms with Gasteiger partial charge in [0.15, 0.2) is 0 Å². The van der Waals surface area contributed by atoms with Crippen LogP contribution in [0.3, 0.4) is 0 Å². The van der Waals surface area contributed by atoms with E-state index < -0.39 is 0 Å². The van der Waals surface area contributed by atoms with Crippen LogP contribution in [0.2, 0.25) is 0 Å².